The van der Waals surface area contributed by atoms with Gasteiger partial charge in [0, 0.05) is 13.2 Å². The van der Waals surface area contributed by atoms with Crippen molar-refractivity contribution in [1.29, 1.82) is 0 Å². The fourth-order valence-corrected chi connectivity index (χ4v) is 1.97. The molecule has 0 aromatic rings. The van der Waals surface area contributed by atoms with E-state index in [0.29, 0.717) is 6.10 Å². The van der Waals surface area contributed by atoms with E-state index >= 15 is 0 Å². The van der Waals surface area contributed by atoms with Gasteiger partial charge in [-0.25, -0.2) is 0 Å². The highest BCUT2D eigenvalue weighted by Crippen LogP contribution is 2.18. The summed E-state index contributed by atoms with van der Waals surface area (Å²) in [5.41, 5.74) is 5.44. The summed E-state index contributed by atoms with van der Waals surface area (Å²) < 4.78 is 5.82. The van der Waals surface area contributed by atoms with E-state index in [1.165, 1.54) is 19.4 Å². The van der Waals surface area contributed by atoms with Crippen molar-refractivity contribution in [1.82, 2.24) is 4.90 Å². The van der Waals surface area contributed by atoms with Crippen molar-refractivity contribution in [2.24, 2.45) is 11.7 Å². The van der Waals surface area contributed by atoms with Gasteiger partial charge in [0.25, 0.3) is 0 Å². The third-order valence-corrected chi connectivity index (χ3v) is 2.89. The van der Waals surface area contributed by atoms with Gasteiger partial charge in [0.15, 0.2) is 0 Å². The largest absolute Gasteiger partial charge is 0.377 e. The molecule has 1 saturated heterocycles. The molecule has 3 nitrogen and oxygen atoms in total. The highest BCUT2D eigenvalue weighted by Gasteiger charge is 2.20. The van der Waals surface area contributed by atoms with E-state index in [0.717, 1.165) is 32.0 Å². The topological polar surface area (TPSA) is 38.5 Å². The number of nitrogens with two attached hydrogens (primary N) is 1. The summed E-state index contributed by atoms with van der Waals surface area (Å²) in [7, 11) is 2.18. The Morgan fingerprint density at radius 2 is 2.29 bits per heavy atom. The van der Waals surface area contributed by atoms with Crippen LogP contribution in [-0.4, -0.2) is 44.3 Å². The molecule has 1 heterocycles. The first kappa shape index (κ1) is 12.0. The minimum atomic E-state index is 0.420. The third kappa shape index (κ3) is 4.40. The summed E-state index contributed by atoms with van der Waals surface area (Å²) in [6.07, 6.45) is 3.90. The van der Waals surface area contributed by atoms with Gasteiger partial charge >= 0.3 is 0 Å². The molecule has 2 N–H and O–H groups in total. The maximum atomic E-state index is 5.82. The van der Waals surface area contributed by atoms with Crippen LogP contribution >= 0.6 is 0 Å². The lowest BCUT2D eigenvalue weighted by Gasteiger charge is -2.20. The van der Waals surface area contributed by atoms with E-state index < -0.39 is 0 Å². The van der Waals surface area contributed by atoms with E-state index in [1.54, 1.807) is 0 Å². The second kappa shape index (κ2) is 6.38. The molecule has 0 aromatic carbocycles. The normalized spacial score (nSPS) is 30.2. The molecule has 0 aromatic heterocycles. The van der Waals surface area contributed by atoms with Gasteiger partial charge in [0.05, 0.1) is 6.10 Å². The molecule has 0 amide bonds. The number of likely N-dealkylation sites (N-methyl/N-ethyl adjacent to an activating group) is 1. The second-order valence-corrected chi connectivity index (χ2v) is 4.53. The molecule has 0 aliphatic carbocycles. The molecular weight excluding hydrogens is 176 g/mol. The molecule has 84 valence electrons. The Morgan fingerprint density at radius 3 is 3.00 bits per heavy atom. The molecule has 0 bridgehead atoms. The lowest BCUT2D eigenvalue weighted by atomic mass is 10.0. The number of hydrogen-bond donors (Lipinski definition) is 1. The molecule has 2 atom stereocenters. The molecule has 1 fully saturated rings. The van der Waals surface area contributed by atoms with Crippen LogP contribution in [0.25, 0.3) is 0 Å². The smallest absolute Gasteiger partial charge is 0.0704 e. The molecule has 0 spiro atoms. The van der Waals surface area contributed by atoms with Gasteiger partial charge in [-0.2, -0.15) is 0 Å². The minimum Gasteiger partial charge on any atom is -0.377 e. The number of ether oxygens (including phenoxy) is 1. The molecule has 2 unspecified atom stereocenters. The first-order chi connectivity index (χ1) is 6.72. The Balaban J connectivity index is 2.26. The van der Waals surface area contributed by atoms with Gasteiger partial charge in [-0.05, 0) is 45.3 Å². The zero-order chi connectivity index (χ0) is 10.4. The van der Waals surface area contributed by atoms with Crippen LogP contribution in [0.2, 0.25) is 0 Å². The quantitative estimate of drug-likeness (QED) is 0.690. The molecular formula is C11H24N2O. The van der Waals surface area contributed by atoms with Crippen LogP contribution in [0.15, 0.2) is 0 Å². The fourth-order valence-electron chi connectivity index (χ4n) is 1.97. The Labute approximate surface area is 87.6 Å². The van der Waals surface area contributed by atoms with Crippen LogP contribution in [0.4, 0.5) is 0 Å². The zero-order valence-corrected chi connectivity index (χ0v) is 9.54. The summed E-state index contributed by atoms with van der Waals surface area (Å²) >= 11 is 0. The van der Waals surface area contributed by atoms with E-state index in [4.69, 9.17) is 10.5 Å². The van der Waals surface area contributed by atoms with Crippen LogP contribution in [0.1, 0.15) is 26.2 Å². The molecule has 1 aliphatic rings. The summed E-state index contributed by atoms with van der Waals surface area (Å²) in [5, 5.41) is 0. The van der Waals surface area contributed by atoms with Crippen LogP contribution in [0.3, 0.4) is 0 Å². The van der Waals surface area contributed by atoms with Gasteiger partial charge in [-0.1, -0.05) is 6.92 Å². The first-order valence-electron chi connectivity index (χ1n) is 5.72. The Kier molecular flexibility index (Phi) is 5.45. The Bertz CT molecular complexity index is 140. The first-order valence-corrected chi connectivity index (χ1v) is 5.72. The number of likely N-dealkylation sites (tertiary alicyclic amines) is 1. The van der Waals surface area contributed by atoms with Crippen molar-refractivity contribution >= 4 is 0 Å². The average molecular weight is 200 g/mol. The van der Waals surface area contributed by atoms with Crippen molar-refractivity contribution in [2.45, 2.75) is 32.3 Å². The van der Waals surface area contributed by atoms with Crippen LogP contribution in [0, 0.1) is 5.92 Å². The predicted octanol–water partition coefficient (Wildman–Crippen LogP) is 1.08. The lowest BCUT2D eigenvalue weighted by Crippen LogP contribution is -2.29. The maximum Gasteiger partial charge on any atom is 0.0704 e. The lowest BCUT2D eigenvalue weighted by molar-refractivity contribution is 0.0282. The summed E-state index contributed by atoms with van der Waals surface area (Å²) in [6.45, 7) is 6.16. The van der Waals surface area contributed by atoms with E-state index in [1.807, 2.05) is 0 Å². The van der Waals surface area contributed by atoms with E-state index in [-0.39, 0.29) is 0 Å². The Hall–Kier alpha value is -0.120. The van der Waals surface area contributed by atoms with Crippen molar-refractivity contribution in [3.05, 3.63) is 0 Å². The fraction of sp³-hybridized carbons (Fsp3) is 1.00. The van der Waals surface area contributed by atoms with Crippen molar-refractivity contribution in [3.63, 3.8) is 0 Å². The number of nitrogens with zero attached hydrogens (tertiary/aromatic N) is 1. The van der Waals surface area contributed by atoms with Gasteiger partial charge in [0.1, 0.15) is 0 Å². The van der Waals surface area contributed by atoms with Gasteiger partial charge in [0.2, 0.25) is 0 Å². The second-order valence-electron chi connectivity index (χ2n) is 4.53. The van der Waals surface area contributed by atoms with Crippen LogP contribution < -0.4 is 5.73 Å². The van der Waals surface area contributed by atoms with E-state index in [2.05, 4.69) is 18.9 Å². The summed E-state index contributed by atoms with van der Waals surface area (Å²) in [5.74, 6) is 0.794. The number of hydrogen-bond acceptors (Lipinski definition) is 3. The van der Waals surface area contributed by atoms with Gasteiger partial charge in [-0.15, -0.1) is 0 Å². The molecule has 14 heavy (non-hydrogen) atoms. The molecule has 1 rings (SSSR count). The van der Waals surface area contributed by atoms with Crippen molar-refractivity contribution in [2.75, 3.05) is 33.3 Å². The monoisotopic (exact) mass is 200 g/mol. The zero-order valence-electron chi connectivity index (χ0n) is 9.54. The SMILES string of the molecule is CC1CCN(C)CC(OCCCN)C1. The molecule has 0 radical (unpaired) electrons. The molecule has 1 aliphatic heterocycles. The highest BCUT2D eigenvalue weighted by molar-refractivity contribution is 4.73. The van der Waals surface area contributed by atoms with Crippen LogP contribution in [-0.2, 0) is 4.74 Å². The van der Waals surface area contributed by atoms with Gasteiger partial charge in [-0.3, -0.25) is 0 Å². The standard InChI is InChI=1S/C11H24N2O/c1-10-4-6-13(2)9-11(8-10)14-7-3-5-12/h10-11H,3-9,12H2,1-2H3. The summed E-state index contributed by atoms with van der Waals surface area (Å²) in [6, 6.07) is 0. The molecule has 3 heteroatoms. The Morgan fingerprint density at radius 1 is 1.50 bits per heavy atom. The third-order valence-electron chi connectivity index (χ3n) is 2.89. The van der Waals surface area contributed by atoms with Gasteiger partial charge < -0.3 is 15.4 Å². The van der Waals surface area contributed by atoms with Crippen molar-refractivity contribution in [3.8, 4) is 0 Å². The van der Waals surface area contributed by atoms with E-state index in [9.17, 15) is 0 Å². The maximum absolute atomic E-state index is 5.82. The highest BCUT2D eigenvalue weighted by atomic mass is 16.5. The number of rotatable bonds is 4. The van der Waals surface area contributed by atoms with Crippen molar-refractivity contribution < 1.29 is 4.74 Å². The van der Waals surface area contributed by atoms with Crippen LogP contribution in [0.5, 0.6) is 0 Å². The predicted molar refractivity (Wildman–Crippen MR) is 59.3 cm³/mol. The average Bonchev–Trinajstić information content (AvgIpc) is 2.29. The minimum absolute atomic E-state index is 0.420. The summed E-state index contributed by atoms with van der Waals surface area (Å²) in [4.78, 5) is 2.37. The molecule has 0 saturated carbocycles.